The number of likely N-dealkylation sites (tertiary alicyclic amines) is 1. The van der Waals surface area contributed by atoms with Crippen molar-refractivity contribution in [3.63, 3.8) is 0 Å². The molecule has 40 heavy (non-hydrogen) atoms. The Labute approximate surface area is 223 Å². The second-order valence-electron chi connectivity index (χ2n) is 8.62. The van der Waals surface area contributed by atoms with Gasteiger partial charge in [0.05, 0.1) is 37.2 Å². The Hall–Kier alpha value is -3.79. The third-order valence-electron chi connectivity index (χ3n) is 5.61. The number of rotatable bonds is 4. The molecule has 4 rings (SSSR count). The van der Waals surface area contributed by atoms with Gasteiger partial charge in [-0.2, -0.15) is 26.3 Å². The molecule has 0 aliphatic carbocycles. The van der Waals surface area contributed by atoms with E-state index in [9.17, 15) is 31.1 Å². The van der Waals surface area contributed by atoms with E-state index in [2.05, 4.69) is 9.97 Å². The number of halogens is 6. The van der Waals surface area contributed by atoms with Crippen molar-refractivity contribution in [3.05, 3.63) is 60.2 Å². The number of aliphatic carboxylic acids is 2. The summed E-state index contributed by atoms with van der Waals surface area (Å²) in [6.45, 7) is 2.46. The van der Waals surface area contributed by atoms with E-state index in [1.165, 1.54) is 0 Å². The van der Waals surface area contributed by atoms with Gasteiger partial charge in [-0.15, -0.1) is 0 Å². The van der Waals surface area contributed by atoms with Crippen molar-refractivity contribution in [1.29, 1.82) is 0 Å². The first-order chi connectivity index (χ1) is 18.6. The van der Waals surface area contributed by atoms with Crippen LogP contribution >= 0.6 is 0 Å². The smallest absolute Gasteiger partial charge is 0.475 e. The Morgan fingerprint density at radius 3 is 2.12 bits per heavy atom. The van der Waals surface area contributed by atoms with Crippen molar-refractivity contribution in [2.24, 2.45) is 0 Å². The van der Waals surface area contributed by atoms with Gasteiger partial charge in [-0.25, -0.2) is 9.59 Å². The molecular formula is C24H25F6N3O7. The topological polar surface area (TPSA) is 139 Å². The Morgan fingerprint density at radius 1 is 1.00 bits per heavy atom. The molecule has 0 saturated carbocycles. The fraction of sp³-hybridized carbons (Fsp3) is 0.458. The lowest BCUT2D eigenvalue weighted by Gasteiger charge is -2.39. The molecular weight excluding hydrogens is 556 g/mol. The van der Waals surface area contributed by atoms with Crippen LogP contribution in [0, 0.1) is 0 Å². The summed E-state index contributed by atoms with van der Waals surface area (Å²) in [6.07, 6.45) is -2.30. The van der Waals surface area contributed by atoms with E-state index < -0.39 is 24.3 Å². The zero-order chi connectivity index (χ0) is 30.0. The molecule has 0 bridgehead atoms. The van der Waals surface area contributed by atoms with E-state index >= 15 is 0 Å². The van der Waals surface area contributed by atoms with Crippen LogP contribution in [0.3, 0.4) is 0 Å². The van der Waals surface area contributed by atoms with E-state index in [1.807, 2.05) is 23.1 Å². The van der Waals surface area contributed by atoms with Crippen molar-refractivity contribution in [1.82, 2.24) is 14.9 Å². The molecule has 0 unspecified atom stereocenters. The van der Waals surface area contributed by atoms with E-state index in [-0.39, 0.29) is 17.6 Å². The van der Waals surface area contributed by atoms with Gasteiger partial charge in [0, 0.05) is 37.1 Å². The molecule has 2 aliphatic heterocycles. The monoisotopic (exact) mass is 581 g/mol. The number of carboxylic acid groups (broad SMARTS) is 2. The number of piperidine rings is 1. The van der Waals surface area contributed by atoms with E-state index in [4.69, 9.17) is 29.3 Å². The van der Waals surface area contributed by atoms with Gasteiger partial charge < -0.3 is 24.6 Å². The maximum atomic E-state index is 12.7. The summed E-state index contributed by atoms with van der Waals surface area (Å²) in [6, 6.07) is 9.34. The maximum absolute atomic E-state index is 12.7. The van der Waals surface area contributed by atoms with Crippen molar-refractivity contribution in [2.45, 2.75) is 49.9 Å². The maximum Gasteiger partial charge on any atom is 0.490 e. The number of ether oxygens (including phenoxy) is 2. The first-order valence-electron chi connectivity index (χ1n) is 11.6. The van der Waals surface area contributed by atoms with Gasteiger partial charge in [-0.1, -0.05) is 6.07 Å². The summed E-state index contributed by atoms with van der Waals surface area (Å²) in [4.78, 5) is 40.7. The largest absolute Gasteiger partial charge is 0.490 e. The number of nitrogens with zero attached hydrogens (tertiary/aromatic N) is 3. The minimum atomic E-state index is -5.08. The molecule has 2 saturated heterocycles. The number of carbonyl (C=O) groups is 3. The lowest BCUT2D eigenvalue weighted by Crippen LogP contribution is -2.50. The molecule has 1 spiro atoms. The van der Waals surface area contributed by atoms with Crippen LogP contribution in [0.1, 0.15) is 35.3 Å². The first-order valence-corrected chi connectivity index (χ1v) is 11.6. The number of alkyl halides is 6. The quantitative estimate of drug-likeness (QED) is 0.517. The number of pyridine rings is 2. The van der Waals surface area contributed by atoms with E-state index in [0.717, 1.165) is 31.5 Å². The van der Waals surface area contributed by atoms with Gasteiger partial charge in [0.25, 0.3) is 5.91 Å². The van der Waals surface area contributed by atoms with Crippen LogP contribution < -0.4 is 0 Å². The Bertz CT molecular complexity index is 1100. The summed E-state index contributed by atoms with van der Waals surface area (Å²) in [7, 11) is 0. The van der Waals surface area contributed by atoms with Gasteiger partial charge in [-0.05, 0) is 37.1 Å². The standard InChI is InChI=1S/C20H23N3O3.2C2HF3O2/c24-19(16-5-9-21-10-6-16)23-11-3-7-20(15-23)12-18(14-26-20)25-13-17-4-1-2-8-22-17;2*3-2(4,5)1(6)7/h1-2,4-6,8-10,18H,3,7,11-15H2;2*(H,6,7)/t18-,20-;;/m0../s1. The Balaban J connectivity index is 0.000000333. The van der Waals surface area contributed by atoms with Crippen LogP contribution in [0.2, 0.25) is 0 Å². The van der Waals surface area contributed by atoms with Gasteiger partial charge >= 0.3 is 24.3 Å². The highest BCUT2D eigenvalue weighted by molar-refractivity contribution is 5.94. The molecule has 1 amide bonds. The average Bonchev–Trinajstić information content (AvgIpc) is 3.29. The molecule has 2 aromatic rings. The fourth-order valence-corrected chi connectivity index (χ4v) is 3.83. The summed E-state index contributed by atoms with van der Waals surface area (Å²) in [5.74, 6) is -5.46. The molecule has 16 heteroatoms. The molecule has 2 aliphatic rings. The second-order valence-corrected chi connectivity index (χ2v) is 8.62. The van der Waals surface area contributed by atoms with Crippen LogP contribution in [0.15, 0.2) is 48.9 Å². The minimum Gasteiger partial charge on any atom is -0.475 e. The van der Waals surface area contributed by atoms with Crippen LogP contribution in [-0.2, 0) is 25.7 Å². The minimum absolute atomic E-state index is 0.0490. The number of hydrogen-bond donors (Lipinski definition) is 2. The number of hydrogen-bond acceptors (Lipinski definition) is 7. The Kier molecular flexibility index (Phi) is 11.4. The van der Waals surface area contributed by atoms with Crippen LogP contribution in [0.4, 0.5) is 26.3 Å². The lowest BCUT2D eigenvalue weighted by atomic mass is 9.89. The van der Waals surface area contributed by atoms with Crippen molar-refractivity contribution in [2.75, 3.05) is 19.7 Å². The molecule has 220 valence electrons. The highest BCUT2D eigenvalue weighted by Gasteiger charge is 2.45. The van der Waals surface area contributed by atoms with Crippen LogP contribution in [0.5, 0.6) is 0 Å². The molecule has 0 aromatic carbocycles. The predicted molar refractivity (Wildman–Crippen MR) is 123 cm³/mol. The number of carboxylic acids is 2. The molecule has 2 fully saturated rings. The number of amides is 1. The molecule has 2 aromatic heterocycles. The summed E-state index contributed by atoms with van der Waals surface area (Å²) in [5.41, 5.74) is 1.32. The normalized spacial score (nSPS) is 20.6. The average molecular weight is 581 g/mol. The lowest BCUT2D eigenvalue weighted by molar-refractivity contribution is -0.193. The molecule has 0 radical (unpaired) electrons. The highest BCUT2D eigenvalue weighted by atomic mass is 19.4. The van der Waals surface area contributed by atoms with Crippen molar-refractivity contribution < 1.29 is 60.4 Å². The fourth-order valence-electron chi connectivity index (χ4n) is 3.83. The summed E-state index contributed by atoms with van der Waals surface area (Å²) >= 11 is 0. The molecule has 4 heterocycles. The predicted octanol–water partition coefficient (Wildman–Crippen LogP) is 3.72. The molecule has 2 N–H and O–H groups in total. The van der Waals surface area contributed by atoms with E-state index in [0.29, 0.717) is 25.3 Å². The summed E-state index contributed by atoms with van der Waals surface area (Å²) < 4.78 is 75.6. The number of carbonyl (C=O) groups excluding carboxylic acids is 1. The van der Waals surface area contributed by atoms with Gasteiger partial charge in [-0.3, -0.25) is 14.8 Å². The second kappa shape index (κ2) is 14.0. The van der Waals surface area contributed by atoms with Gasteiger partial charge in [0.2, 0.25) is 0 Å². The summed E-state index contributed by atoms with van der Waals surface area (Å²) in [5, 5.41) is 14.2. The number of aromatic nitrogens is 2. The zero-order valence-corrected chi connectivity index (χ0v) is 20.7. The van der Waals surface area contributed by atoms with Crippen molar-refractivity contribution in [3.8, 4) is 0 Å². The Morgan fingerprint density at radius 2 is 1.60 bits per heavy atom. The van der Waals surface area contributed by atoms with Crippen LogP contribution in [-0.4, -0.2) is 86.7 Å². The van der Waals surface area contributed by atoms with Crippen molar-refractivity contribution >= 4 is 17.8 Å². The zero-order valence-electron chi connectivity index (χ0n) is 20.7. The van der Waals surface area contributed by atoms with Crippen LogP contribution in [0.25, 0.3) is 0 Å². The van der Waals surface area contributed by atoms with Gasteiger partial charge in [0.15, 0.2) is 0 Å². The third-order valence-corrected chi connectivity index (χ3v) is 5.61. The highest BCUT2D eigenvalue weighted by Crippen LogP contribution is 2.36. The molecule has 2 atom stereocenters. The molecule has 10 nitrogen and oxygen atoms in total. The SMILES string of the molecule is O=C(O)C(F)(F)F.O=C(O)C(F)(F)F.O=C(c1ccncc1)N1CCC[C@]2(C[C@H](OCc3ccccn3)CO2)C1. The first kappa shape index (κ1) is 32.4. The third kappa shape index (κ3) is 10.4. The van der Waals surface area contributed by atoms with E-state index in [1.54, 1.807) is 30.7 Å². The van der Waals surface area contributed by atoms with Gasteiger partial charge in [0.1, 0.15) is 0 Å².